The lowest BCUT2D eigenvalue weighted by atomic mass is 9.85. The number of allylic oxidation sites excluding steroid dienone is 4. The van der Waals surface area contributed by atoms with Crippen molar-refractivity contribution in [1.29, 1.82) is 0 Å². The minimum Gasteiger partial charge on any atom is -0.298 e. The van der Waals surface area contributed by atoms with Crippen LogP contribution in [0.2, 0.25) is 0 Å². The molecule has 5 aromatic heterocycles. The standard InChI is InChI=1S/C48H35N5/c1-3-4-5-14-31(2)52-42-24-22-32(29-40(42)38-19-12-27-50-47(38)52)45-34-15-6-8-17-36(34)46(37-18-9-7-16-35(37)45)33-23-25-43-41(30-33)39-20-13-28-51-48(39)53(43)44-21-10-11-26-49-44/h4-30H,3H2,1-2H3/b5-4-,31-14+. The summed E-state index contributed by atoms with van der Waals surface area (Å²) in [4.78, 5) is 14.4. The van der Waals surface area contributed by atoms with Crippen LogP contribution in [0.3, 0.4) is 0 Å². The lowest BCUT2D eigenvalue weighted by Crippen LogP contribution is -1.97. The molecule has 0 saturated carbocycles. The van der Waals surface area contributed by atoms with E-state index < -0.39 is 0 Å². The molecule has 0 bridgehead atoms. The number of hydrogen-bond donors (Lipinski definition) is 0. The first-order valence-electron chi connectivity index (χ1n) is 18.2. The summed E-state index contributed by atoms with van der Waals surface area (Å²) in [6.07, 6.45) is 13.1. The first-order chi connectivity index (χ1) is 26.2. The van der Waals surface area contributed by atoms with Crippen molar-refractivity contribution in [3.05, 3.63) is 164 Å². The Labute approximate surface area is 306 Å². The number of aromatic nitrogens is 5. The zero-order chi connectivity index (χ0) is 35.5. The number of rotatable bonds is 6. The van der Waals surface area contributed by atoms with Gasteiger partial charge >= 0.3 is 0 Å². The number of pyridine rings is 3. The van der Waals surface area contributed by atoms with Gasteiger partial charge in [0.25, 0.3) is 0 Å². The van der Waals surface area contributed by atoms with Gasteiger partial charge in [0.15, 0.2) is 0 Å². The van der Waals surface area contributed by atoms with E-state index in [1.807, 2.05) is 48.9 Å². The quantitative estimate of drug-likeness (QED) is 0.130. The van der Waals surface area contributed by atoms with Gasteiger partial charge in [-0.15, -0.1) is 0 Å². The second-order valence-corrected chi connectivity index (χ2v) is 13.6. The highest BCUT2D eigenvalue weighted by atomic mass is 15.1. The third-order valence-corrected chi connectivity index (χ3v) is 10.5. The molecule has 10 rings (SSSR count). The average molecular weight is 682 g/mol. The Morgan fingerprint density at radius 2 is 1.06 bits per heavy atom. The largest absolute Gasteiger partial charge is 0.298 e. The Morgan fingerprint density at radius 1 is 0.528 bits per heavy atom. The van der Waals surface area contributed by atoms with E-state index in [2.05, 4.69) is 138 Å². The van der Waals surface area contributed by atoms with Crippen molar-refractivity contribution in [2.24, 2.45) is 0 Å². The Balaban J connectivity index is 1.23. The van der Waals surface area contributed by atoms with E-state index in [0.29, 0.717) is 0 Å². The van der Waals surface area contributed by atoms with Gasteiger partial charge in [-0.1, -0.05) is 85.8 Å². The van der Waals surface area contributed by atoms with Gasteiger partial charge in [0.2, 0.25) is 0 Å². The number of fused-ring (bicyclic) bond motifs is 8. The highest BCUT2D eigenvalue weighted by molar-refractivity contribution is 6.23. The normalized spacial score (nSPS) is 12.5. The molecule has 0 saturated heterocycles. The summed E-state index contributed by atoms with van der Waals surface area (Å²) in [6.45, 7) is 4.31. The molecule has 0 radical (unpaired) electrons. The Morgan fingerprint density at radius 3 is 1.66 bits per heavy atom. The Kier molecular flexibility index (Phi) is 7.25. The molecule has 10 aromatic rings. The van der Waals surface area contributed by atoms with Crippen molar-refractivity contribution in [3.8, 4) is 28.1 Å². The zero-order valence-electron chi connectivity index (χ0n) is 29.5. The van der Waals surface area contributed by atoms with Gasteiger partial charge in [-0.3, -0.25) is 9.13 Å². The fraction of sp³-hybridized carbons (Fsp3) is 0.0625. The van der Waals surface area contributed by atoms with Crippen LogP contribution in [-0.2, 0) is 0 Å². The maximum Gasteiger partial charge on any atom is 0.146 e. The molecule has 0 aliphatic carbocycles. The third kappa shape index (κ3) is 4.81. The summed E-state index contributed by atoms with van der Waals surface area (Å²) in [5.74, 6) is 0.856. The molecule has 0 fully saturated rings. The van der Waals surface area contributed by atoms with Gasteiger partial charge in [0, 0.05) is 45.8 Å². The van der Waals surface area contributed by atoms with Crippen LogP contribution in [0, 0.1) is 0 Å². The molecule has 0 aliphatic rings. The predicted molar refractivity (Wildman–Crippen MR) is 222 cm³/mol. The maximum absolute atomic E-state index is 4.86. The SMILES string of the molecule is CC/C=C\C=C(/C)n1c2ccc(-c3c4ccccc4c(-c4ccc5c(c4)c4cccnc4n5-c4ccccn4)c4ccccc34)cc2c2cccnc21. The fourth-order valence-corrected chi connectivity index (χ4v) is 8.25. The van der Waals surface area contributed by atoms with Crippen molar-refractivity contribution in [2.45, 2.75) is 20.3 Å². The molecule has 5 nitrogen and oxygen atoms in total. The first kappa shape index (κ1) is 30.9. The van der Waals surface area contributed by atoms with E-state index in [9.17, 15) is 0 Å². The molecule has 53 heavy (non-hydrogen) atoms. The Bertz CT molecular complexity index is 3050. The van der Waals surface area contributed by atoms with E-state index >= 15 is 0 Å². The molecule has 5 heteroatoms. The summed E-state index contributed by atoms with van der Waals surface area (Å²) in [5, 5.41) is 9.48. The van der Waals surface area contributed by atoms with Gasteiger partial charge in [0.05, 0.1) is 11.0 Å². The summed E-state index contributed by atoms with van der Waals surface area (Å²) in [7, 11) is 0. The van der Waals surface area contributed by atoms with Gasteiger partial charge < -0.3 is 0 Å². The van der Waals surface area contributed by atoms with Crippen LogP contribution >= 0.6 is 0 Å². The molecule has 0 amide bonds. The van der Waals surface area contributed by atoms with E-state index in [1.54, 1.807) is 0 Å². The predicted octanol–water partition coefficient (Wildman–Crippen LogP) is 12.5. The minimum atomic E-state index is 0.856. The van der Waals surface area contributed by atoms with Crippen molar-refractivity contribution in [1.82, 2.24) is 24.1 Å². The van der Waals surface area contributed by atoms with Crippen LogP contribution in [0.15, 0.2) is 164 Å². The molecule has 5 heterocycles. The average Bonchev–Trinajstić information content (AvgIpc) is 3.72. The number of benzene rings is 5. The smallest absolute Gasteiger partial charge is 0.146 e. The minimum absolute atomic E-state index is 0.856. The first-order valence-corrected chi connectivity index (χ1v) is 18.2. The van der Waals surface area contributed by atoms with Gasteiger partial charge in [-0.25, -0.2) is 15.0 Å². The molecule has 0 aliphatic heterocycles. The molecule has 252 valence electrons. The summed E-state index contributed by atoms with van der Waals surface area (Å²) >= 11 is 0. The monoisotopic (exact) mass is 681 g/mol. The molecular formula is C48H35N5. The van der Waals surface area contributed by atoms with Gasteiger partial charge in [-0.05, 0) is 124 Å². The van der Waals surface area contributed by atoms with Crippen LogP contribution < -0.4 is 0 Å². The van der Waals surface area contributed by atoms with Gasteiger partial charge in [-0.2, -0.15) is 0 Å². The lowest BCUT2D eigenvalue weighted by molar-refractivity contribution is 1.06. The summed E-state index contributed by atoms with van der Waals surface area (Å²) in [5.41, 5.74) is 10.1. The fourth-order valence-electron chi connectivity index (χ4n) is 8.25. The summed E-state index contributed by atoms with van der Waals surface area (Å²) in [6, 6.07) is 45.9. The van der Waals surface area contributed by atoms with E-state index in [1.165, 1.54) is 49.2 Å². The van der Waals surface area contributed by atoms with Crippen molar-refractivity contribution in [2.75, 3.05) is 0 Å². The molecule has 0 atom stereocenters. The highest BCUT2D eigenvalue weighted by Crippen LogP contribution is 2.46. The zero-order valence-corrected chi connectivity index (χ0v) is 29.5. The van der Waals surface area contributed by atoms with Crippen molar-refractivity contribution in [3.63, 3.8) is 0 Å². The van der Waals surface area contributed by atoms with Crippen molar-refractivity contribution < 1.29 is 0 Å². The van der Waals surface area contributed by atoms with E-state index in [0.717, 1.165) is 56.4 Å². The molecule has 0 unspecified atom stereocenters. The second-order valence-electron chi connectivity index (χ2n) is 13.6. The van der Waals surface area contributed by atoms with Crippen LogP contribution in [0.4, 0.5) is 0 Å². The van der Waals surface area contributed by atoms with E-state index in [4.69, 9.17) is 15.0 Å². The van der Waals surface area contributed by atoms with E-state index in [-0.39, 0.29) is 0 Å². The third-order valence-electron chi connectivity index (χ3n) is 10.5. The van der Waals surface area contributed by atoms with Crippen LogP contribution in [-0.4, -0.2) is 24.1 Å². The lowest BCUT2D eigenvalue weighted by Gasteiger charge is -2.18. The van der Waals surface area contributed by atoms with Crippen LogP contribution in [0.1, 0.15) is 20.3 Å². The van der Waals surface area contributed by atoms with Crippen LogP contribution in [0.25, 0.3) is 99.2 Å². The summed E-state index contributed by atoms with van der Waals surface area (Å²) < 4.78 is 4.44. The topological polar surface area (TPSA) is 48.5 Å². The molecule has 0 spiro atoms. The van der Waals surface area contributed by atoms with Gasteiger partial charge in [0.1, 0.15) is 17.1 Å². The maximum atomic E-state index is 4.86. The second kappa shape index (κ2) is 12.4. The molecule has 5 aromatic carbocycles. The highest BCUT2D eigenvalue weighted by Gasteiger charge is 2.21. The number of hydrogen-bond acceptors (Lipinski definition) is 3. The number of nitrogens with zero attached hydrogens (tertiary/aromatic N) is 5. The van der Waals surface area contributed by atoms with Crippen LogP contribution in [0.5, 0.6) is 0 Å². The molecule has 0 N–H and O–H groups in total. The van der Waals surface area contributed by atoms with Crippen molar-refractivity contribution >= 4 is 71.1 Å². The Hall–Kier alpha value is -6.85. The molecular weight excluding hydrogens is 647 g/mol.